The second kappa shape index (κ2) is 18.0. The van der Waals surface area contributed by atoms with Gasteiger partial charge in [0.05, 0.1) is 6.04 Å². The number of aromatic hydroxyl groups is 1. The predicted molar refractivity (Wildman–Crippen MR) is 148 cm³/mol. The molecule has 39 heavy (non-hydrogen) atoms. The van der Waals surface area contributed by atoms with Gasteiger partial charge in [0.1, 0.15) is 23.9 Å². The number of carbonyl (C=O) groups is 5. The molecular weight excluding hydrogens is 528 g/mol. The number of primary amides is 1. The number of phenols is 1. The number of unbranched alkanes of at least 4 members (excludes halogenated alkanes) is 1. The lowest BCUT2D eigenvalue weighted by Crippen LogP contribution is -2.57. The van der Waals surface area contributed by atoms with Crippen molar-refractivity contribution in [2.24, 2.45) is 17.2 Å². The van der Waals surface area contributed by atoms with Crippen LogP contribution in [0.2, 0.25) is 0 Å². The van der Waals surface area contributed by atoms with E-state index in [1.165, 1.54) is 23.9 Å². The Morgan fingerprint density at radius 1 is 0.872 bits per heavy atom. The van der Waals surface area contributed by atoms with E-state index in [1.54, 1.807) is 12.1 Å². The molecule has 0 fully saturated rings. The number of aliphatic carboxylic acids is 1. The number of hydrogen-bond donors (Lipinski definition) is 8. The van der Waals surface area contributed by atoms with Gasteiger partial charge in [-0.2, -0.15) is 11.8 Å². The third-order valence-electron chi connectivity index (χ3n) is 5.85. The summed E-state index contributed by atoms with van der Waals surface area (Å²) in [6.45, 7) is 0.368. The van der Waals surface area contributed by atoms with Crippen LogP contribution in [0.3, 0.4) is 0 Å². The van der Waals surface area contributed by atoms with E-state index in [4.69, 9.17) is 17.2 Å². The maximum Gasteiger partial charge on any atom is 0.326 e. The van der Waals surface area contributed by atoms with Gasteiger partial charge < -0.3 is 43.4 Å². The molecule has 0 spiro atoms. The van der Waals surface area contributed by atoms with Crippen LogP contribution in [0, 0.1) is 0 Å². The van der Waals surface area contributed by atoms with Gasteiger partial charge in [-0.05, 0) is 68.4 Å². The summed E-state index contributed by atoms with van der Waals surface area (Å²) in [6.07, 6.45) is 2.98. The molecule has 0 aromatic heterocycles. The molecule has 1 aromatic carbocycles. The molecule has 1 rings (SSSR count). The summed E-state index contributed by atoms with van der Waals surface area (Å²) in [5, 5.41) is 26.6. The van der Waals surface area contributed by atoms with E-state index in [0.717, 1.165) is 0 Å². The molecule has 4 amide bonds. The molecule has 0 aliphatic rings. The average molecular weight is 569 g/mol. The first-order valence-corrected chi connectivity index (χ1v) is 14.0. The fourth-order valence-electron chi connectivity index (χ4n) is 3.58. The molecule has 14 heteroatoms. The molecule has 4 atom stereocenters. The van der Waals surface area contributed by atoms with Gasteiger partial charge in [-0.3, -0.25) is 19.2 Å². The zero-order valence-corrected chi connectivity index (χ0v) is 22.9. The van der Waals surface area contributed by atoms with E-state index in [-0.39, 0.29) is 31.4 Å². The quantitative estimate of drug-likeness (QED) is 0.0941. The molecule has 0 radical (unpaired) electrons. The third-order valence-corrected chi connectivity index (χ3v) is 6.50. The second-order valence-electron chi connectivity index (χ2n) is 9.07. The van der Waals surface area contributed by atoms with Gasteiger partial charge >= 0.3 is 5.97 Å². The predicted octanol–water partition coefficient (Wildman–Crippen LogP) is -1.05. The van der Waals surface area contributed by atoms with Crippen LogP contribution in [0.25, 0.3) is 0 Å². The van der Waals surface area contributed by atoms with E-state index in [0.29, 0.717) is 37.1 Å². The van der Waals surface area contributed by atoms with Crippen molar-refractivity contribution in [1.29, 1.82) is 0 Å². The molecule has 0 aliphatic carbocycles. The minimum Gasteiger partial charge on any atom is -0.508 e. The summed E-state index contributed by atoms with van der Waals surface area (Å²) in [6, 6.07) is 1.45. The highest BCUT2D eigenvalue weighted by atomic mass is 32.2. The monoisotopic (exact) mass is 568 g/mol. The number of rotatable bonds is 19. The smallest absolute Gasteiger partial charge is 0.326 e. The van der Waals surface area contributed by atoms with Gasteiger partial charge in [0.15, 0.2) is 0 Å². The van der Waals surface area contributed by atoms with Crippen LogP contribution < -0.4 is 33.2 Å². The largest absolute Gasteiger partial charge is 0.508 e. The third kappa shape index (κ3) is 13.3. The number of carbonyl (C=O) groups excluding carboxylic acids is 4. The van der Waals surface area contributed by atoms with Crippen LogP contribution in [0.15, 0.2) is 24.3 Å². The Balaban J connectivity index is 3.12. The molecule has 1 aromatic rings. The molecule has 0 heterocycles. The Labute approximate surface area is 232 Å². The van der Waals surface area contributed by atoms with Gasteiger partial charge in [0.2, 0.25) is 23.6 Å². The van der Waals surface area contributed by atoms with Crippen LogP contribution in [0.4, 0.5) is 0 Å². The van der Waals surface area contributed by atoms with Crippen molar-refractivity contribution < 1.29 is 34.2 Å². The van der Waals surface area contributed by atoms with E-state index < -0.39 is 53.8 Å². The van der Waals surface area contributed by atoms with E-state index >= 15 is 0 Å². The number of carboxylic acid groups (broad SMARTS) is 1. The molecule has 0 saturated carbocycles. The zero-order chi connectivity index (χ0) is 29.4. The lowest BCUT2D eigenvalue weighted by Gasteiger charge is -2.25. The Hall–Kier alpha value is -3.36. The first-order chi connectivity index (χ1) is 18.5. The highest BCUT2D eigenvalue weighted by Gasteiger charge is 2.30. The number of benzene rings is 1. The number of carboxylic acids is 1. The normalized spacial score (nSPS) is 13.9. The Morgan fingerprint density at radius 2 is 1.46 bits per heavy atom. The zero-order valence-electron chi connectivity index (χ0n) is 22.1. The van der Waals surface area contributed by atoms with E-state index in [2.05, 4.69) is 16.0 Å². The molecule has 0 bridgehead atoms. The summed E-state index contributed by atoms with van der Waals surface area (Å²) >= 11 is 1.52. The minimum atomic E-state index is -1.30. The maximum atomic E-state index is 13.3. The molecule has 11 N–H and O–H groups in total. The van der Waals surface area contributed by atoms with E-state index in [1.807, 2.05) is 6.26 Å². The Kier molecular flexibility index (Phi) is 15.6. The molecule has 4 unspecified atom stereocenters. The average Bonchev–Trinajstić information content (AvgIpc) is 2.89. The first kappa shape index (κ1) is 33.7. The van der Waals surface area contributed by atoms with Crippen LogP contribution in [-0.4, -0.2) is 82.5 Å². The van der Waals surface area contributed by atoms with Gasteiger partial charge in [-0.1, -0.05) is 12.1 Å². The molecule has 0 aliphatic heterocycles. The first-order valence-electron chi connectivity index (χ1n) is 12.6. The van der Waals surface area contributed by atoms with Gasteiger partial charge in [-0.15, -0.1) is 0 Å². The van der Waals surface area contributed by atoms with Crippen molar-refractivity contribution in [3.63, 3.8) is 0 Å². The Morgan fingerprint density at radius 3 is 2.03 bits per heavy atom. The number of nitrogens with one attached hydrogen (secondary N) is 3. The van der Waals surface area contributed by atoms with Gasteiger partial charge in [0.25, 0.3) is 0 Å². The SMILES string of the molecule is CSCCC(N)C(=O)NC(Cc1ccc(O)cc1)C(=O)NC(CCC(N)=O)C(=O)NC(CCCCN)C(=O)O. The van der Waals surface area contributed by atoms with Gasteiger partial charge in [-0.25, -0.2) is 4.79 Å². The summed E-state index contributed by atoms with van der Waals surface area (Å²) in [5.41, 5.74) is 17.3. The number of thioether (sulfide) groups is 1. The van der Waals surface area contributed by atoms with Crippen molar-refractivity contribution in [1.82, 2.24) is 16.0 Å². The molecule has 13 nitrogen and oxygen atoms in total. The van der Waals surface area contributed by atoms with Crippen molar-refractivity contribution in [3.05, 3.63) is 29.8 Å². The van der Waals surface area contributed by atoms with E-state index in [9.17, 15) is 34.2 Å². The van der Waals surface area contributed by atoms with Crippen LogP contribution >= 0.6 is 11.8 Å². The fourth-order valence-corrected chi connectivity index (χ4v) is 4.07. The summed E-state index contributed by atoms with van der Waals surface area (Å²) in [7, 11) is 0. The number of phenolic OH excluding ortho intramolecular Hbond substituents is 1. The molecule has 0 saturated heterocycles. The molecular formula is C25H40N6O7S. The summed E-state index contributed by atoms with van der Waals surface area (Å²) in [5.74, 6) is -3.43. The van der Waals surface area contributed by atoms with Gasteiger partial charge in [0, 0.05) is 12.8 Å². The van der Waals surface area contributed by atoms with Crippen molar-refractivity contribution in [2.45, 2.75) is 69.1 Å². The standard InChI is InChI=1S/C25H40N6O7S/c1-39-13-11-17(27)22(34)31-20(14-15-5-7-16(32)8-6-15)24(36)29-18(9-10-21(28)33)23(35)30-19(25(37)38)4-2-3-12-26/h5-8,17-20,32H,2-4,9-14,26-27H2,1H3,(H2,28,33)(H,29,36)(H,30,35)(H,31,34)(H,37,38). The van der Waals surface area contributed by atoms with Crippen molar-refractivity contribution in [2.75, 3.05) is 18.6 Å². The Bertz CT molecular complexity index is 963. The fraction of sp³-hybridized carbons (Fsp3) is 0.560. The summed E-state index contributed by atoms with van der Waals surface area (Å²) in [4.78, 5) is 62.1. The minimum absolute atomic E-state index is 0.00804. The van der Waals surface area contributed by atoms with Crippen molar-refractivity contribution in [3.8, 4) is 5.75 Å². The lowest BCUT2D eigenvalue weighted by molar-refractivity contribution is -0.142. The lowest BCUT2D eigenvalue weighted by atomic mass is 10.0. The highest BCUT2D eigenvalue weighted by molar-refractivity contribution is 7.98. The van der Waals surface area contributed by atoms with Crippen molar-refractivity contribution >= 4 is 41.4 Å². The summed E-state index contributed by atoms with van der Waals surface area (Å²) < 4.78 is 0. The maximum absolute atomic E-state index is 13.3. The number of hydrogen-bond acceptors (Lipinski definition) is 9. The highest BCUT2D eigenvalue weighted by Crippen LogP contribution is 2.12. The van der Waals surface area contributed by atoms with Crippen LogP contribution in [0.1, 0.15) is 44.1 Å². The number of amides is 4. The number of nitrogens with two attached hydrogens (primary N) is 3. The second-order valence-corrected chi connectivity index (χ2v) is 10.1. The molecule has 218 valence electrons. The topological polar surface area (TPSA) is 240 Å². The van der Waals surface area contributed by atoms with Crippen LogP contribution in [0.5, 0.6) is 5.75 Å². The van der Waals surface area contributed by atoms with Crippen LogP contribution in [-0.2, 0) is 30.4 Å².